The van der Waals surface area contributed by atoms with Crippen molar-refractivity contribution in [3.63, 3.8) is 0 Å². The zero-order valence-corrected chi connectivity index (χ0v) is 13.1. The maximum absolute atomic E-state index is 12.1. The molecule has 20 heavy (non-hydrogen) atoms. The third kappa shape index (κ3) is 3.61. The van der Waals surface area contributed by atoms with E-state index in [2.05, 4.69) is 13.8 Å². The van der Waals surface area contributed by atoms with Gasteiger partial charge in [-0.2, -0.15) is 0 Å². The molecule has 1 aromatic carbocycles. The van der Waals surface area contributed by atoms with Gasteiger partial charge in [-0.05, 0) is 36.3 Å². The molecule has 2 rings (SSSR count). The monoisotopic (exact) mass is 296 g/mol. The second-order valence-electron chi connectivity index (χ2n) is 6.19. The Morgan fingerprint density at radius 3 is 2.70 bits per heavy atom. The first kappa shape index (κ1) is 15.5. The van der Waals surface area contributed by atoms with E-state index in [1.165, 1.54) is 0 Å². The molecule has 0 amide bonds. The third-order valence-electron chi connectivity index (χ3n) is 3.92. The van der Waals surface area contributed by atoms with E-state index in [-0.39, 0.29) is 5.75 Å². The van der Waals surface area contributed by atoms with Crippen molar-refractivity contribution in [3.8, 4) is 0 Å². The van der Waals surface area contributed by atoms with E-state index in [1.54, 1.807) is 0 Å². The maximum Gasteiger partial charge on any atom is 0.156 e. The molecule has 2 atom stereocenters. The average molecular weight is 296 g/mol. The van der Waals surface area contributed by atoms with Gasteiger partial charge in [-0.1, -0.05) is 44.5 Å². The van der Waals surface area contributed by atoms with Gasteiger partial charge in [-0.3, -0.25) is 0 Å². The van der Waals surface area contributed by atoms with E-state index in [0.717, 1.165) is 30.4 Å². The Morgan fingerprint density at radius 1 is 1.30 bits per heavy atom. The average Bonchev–Trinajstić information content (AvgIpc) is 2.37. The Labute approximate surface area is 121 Å². The largest absolute Gasteiger partial charge is 0.387 e. The zero-order chi connectivity index (χ0) is 14.8. The maximum atomic E-state index is 12.1. The summed E-state index contributed by atoms with van der Waals surface area (Å²) in [7, 11) is -3.16. The molecule has 0 aromatic heterocycles. The lowest BCUT2D eigenvalue weighted by Gasteiger charge is -2.27. The van der Waals surface area contributed by atoms with Crippen LogP contribution in [-0.4, -0.2) is 24.5 Å². The molecule has 1 heterocycles. The highest BCUT2D eigenvalue weighted by atomic mass is 32.2. The van der Waals surface area contributed by atoms with Crippen molar-refractivity contribution in [2.45, 2.75) is 50.9 Å². The fourth-order valence-electron chi connectivity index (χ4n) is 2.92. The molecule has 1 aromatic rings. The van der Waals surface area contributed by atoms with Crippen LogP contribution in [0.4, 0.5) is 0 Å². The van der Waals surface area contributed by atoms with Crippen LogP contribution in [0.5, 0.6) is 0 Å². The molecule has 1 aliphatic rings. The molecule has 0 bridgehead atoms. The van der Waals surface area contributed by atoms with Gasteiger partial charge in [0.25, 0.3) is 0 Å². The lowest BCUT2D eigenvalue weighted by Crippen LogP contribution is -2.33. The first-order valence-electron chi connectivity index (χ1n) is 7.38. The first-order valence-corrected chi connectivity index (χ1v) is 9.10. The lowest BCUT2D eigenvalue weighted by atomic mass is 9.97. The summed E-state index contributed by atoms with van der Waals surface area (Å²) in [6.07, 6.45) is 2.22. The molecule has 3 nitrogen and oxygen atoms in total. The summed E-state index contributed by atoms with van der Waals surface area (Å²) in [6.45, 7) is 4.30. The van der Waals surface area contributed by atoms with Crippen LogP contribution in [0.3, 0.4) is 0 Å². The van der Waals surface area contributed by atoms with Crippen molar-refractivity contribution >= 4 is 9.84 Å². The molecule has 1 aliphatic heterocycles. The van der Waals surface area contributed by atoms with Crippen LogP contribution in [-0.2, 0) is 16.3 Å². The fourth-order valence-corrected chi connectivity index (χ4v) is 4.91. The quantitative estimate of drug-likeness (QED) is 0.929. The number of benzene rings is 1. The Morgan fingerprint density at radius 2 is 2.05 bits per heavy atom. The van der Waals surface area contributed by atoms with Gasteiger partial charge in [-0.25, -0.2) is 8.42 Å². The smallest absolute Gasteiger partial charge is 0.156 e. The number of hydrogen-bond donors (Lipinski definition) is 1. The highest BCUT2D eigenvalue weighted by Gasteiger charge is 2.35. The summed E-state index contributed by atoms with van der Waals surface area (Å²) in [5.41, 5.74) is 1.89. The van der Waals surface area contributed by atoms with E-state index in [9.17, 15) is 13.5 Å². The van der Waals surface area contributed by atoms with Crippen molar-refractivity contribution in [1.82, 2.24) is 0 Å². The predicted molar refractivity (Wildman–Crippen MR) is 81.4 cm³/mol. The van der Waals surface area contributed by atoms with Crippen molar-refractivity contribution < 1.29 is 13.5 Å². The second-order valence-corrected chi connectivity index (χ2v) is 8.53. The lowest BCUT2D eigenvalue weighted by molar-refractivity contribution is 0.164. The van der Waals surface area contributed by atoms with Gasteiger partial charge in [0.15, 0.2) is 9.84 Å². The zero-order valence-electron chi connectivity index (χ0n) is 12.2. The van der Waals surface area contributed by atoms with Crippen LogP contribution in [0.15, 0.2) is 24.3 Å². The van der Waals surface area contributed by atoms with Crippen LogP contribution in [0, 0.1) is 5.92 Å². The van der Waals surface area contributed by atoms with E-state index >= 15 is 0 Å². The van der Waals surface area contributed by atoms with Gasteiger partial charge >= 0.3 is 0 Å². The number of sulfone groups is 1. The third-order valence-corrected chi connectivity index (χ3v) is 6.19. The van der Waals surface area contributed by atoms with Gasteiger partial charge in [0, 0.05) is 0 Å². The van der Waals surface area contributed by atoms with Crippen LogP contribution in [0.1, 0.15) is 50.3 Å². The molecule has 4 heteroatoms. The van der Waals surface area contributed by atoms with E-state index in [0.29, 0.717) is 12.3 Å². The summed E-state index contributed by atoms with van der Waals surface area (Å²) < 4.78 is 24.2. The molecular weight excluding hydrogens is 272 g/mol. The second kappa shape index (κ2) is 6.27. The van der Waals surface area contributed by atoms with Gasteiger partial charge in [0.1, 0.15) is 0 Å². The molecule has 2 unspecified atom stereocenters. The van der Waals surface area contributed by atoms with Crippen molar-refractivity contribution in [1.29, 1.82) is 0 Å². The van der Waals surface area contributed by atoms with E-state index < -0.39 is 21.2 Å². The molecule has 0 saturated carbocycles. The highest BCUT2D eigenvalue weighted by Crippen LogP contribution is 2.31. The molecule has 0 aliphatic carbocycles. The van der Waals surface area contributed by atoms with Gasteiger partial charge in [0.05, 0.1) is 17.1 Å². The Bertz CT molecular complexity index is 549. The summed E-state index contributed by atoms with van der Waals surface area (Å²) in [6, 6.07) is 7.73. The van der Waals surface area contributed by atoms with Crippen LogP contribution >= 0.6 is 0 Å². The standard InChI is InChI=1S/C16H24O3S/c1-12(2)10-13-6-5-7-14(11-13)16(17)15-8-3-4-9-20(15,18)19/h5-7,11-12,15-17H,3-4,8-10H2,1-2H3. The molecule has 1 fully saturated rings. The number of rotatable bonds is 4. The molecule has 0 spiro atoms. The van der Waals surface area contributed by atoms with Crippen molar-refractivity contribution in [2.24, 2.45) is 5.92 Å². The van der Waals surface area contributed by atoms with Gasteiger partial charge < -0.3 is 5.11 Å². The summed E-state index contributed by atoms with van der Waals surface area (Å²) in [4.78, 5) is 0. The number of hydrogen-bond acceptors (Lipinski definition) is 3. The predicted octanol–water partition coefficient (Wildman–Crippen LogP) is 2.89. The minimum atomic E-state index is -3.16. The summed E-state index contributed by atoms with van der Waals surface area (Å²) in [5.74, 6) is 0.751. The van der Waals surface area contributed by atoms with Crippen molar-refractivity contribution in [3.05, 3.63) is 35.4 Å². The highest BCUT2D eigenvalue weighted by molar-refractivity contribution is 7.92. The molecule has 112 valence electrons. The Kier molecular flexibility index (Phi) is 4.86. The number of aliphatic hydroxyl groups is 1. The SMILES string of the molecule is CC(C)Cc1cccc(C(O)C2CCCCS2(=O)=O)c1. The van der Waals surface area contributed by atoms with Crippen LogP contribution in [0.2, 0.25) is 0 Å². The Hall–Kier alpha value is -0.870. The van der Waals surface area contributed by atoms with Crippen LogP contribution in [0.25, 0.3) is 0 Å². The minimum absolute atomic E-state index is 0.209. The molecule has 0 radical (unpaired) electrons. The number of aliphatic hydroxyl groups excluding tert-OH is 1. The molecule has 1 N–H and O–H groups in total. The minimum Gasteiger partial charge on any atom is -0.387 e. The summed E-state index contributed by atoms with van der Waals surface area (Å²) in [5, 5.41) is 9.83. The topological polar surface area (TPSA) is 54.4 Å². The van der Waals surface area contributed by atoms with Gasteiger partial charge in [-0.15, -0.1) is 0 Å². The van der Waals surface area contributed by atoms with E-state index in [4.69, 9.17) is 0 Å². The molecular formula is C16H24O3S. The molecule has 1 saturated heterocycles. The summed E-state index contributed by atoms with van der Waals surface area (Å²) >= 11 is 0. The normalized spacial score (nSPS) is 23.7. The van der Waals surface area contributed by atoms with Crippen molar-refractivity contribution in [2.75, 3.05) is 5.75 Å². The van der Waals surface area contributed by atoms with Crippen LogP contribution < -0.4 is 0 Å². The fraction of sp³-hybridized carbons (Fsp3) is 0.625. The first-order chi connectivity index (χ1) is 9.40. The van der Waals surface area contributed by atoms with Gasteiger partial charge in [0.2, 0.25) is 0 Å². The van der Waals surface area contributed by atoms with E-state index in [1.807, 2.05) is 24.3 Å². The Balaban J connectivity index is 2.22.